The minimum atomic E-state index is -3.99. The molecule has 0 aliphatic heterocycles. The molecule has 1 N–H and O–H groups in total. The van der Waals surface area contributed by atoms with E-state index in [0.717, 1.165) is 0 Å². The van der Waals surface area contributed by atoms with Crippen LogP contribution in [-0.4, -0.2) is 37.9 Å². The first-order chi connectivity index (χ1) is 9.80. The molecule has 126 valence electrons. The molecule has 0 spiro atoms. The molecule has 0 rings (SSSR count). The summed E-state index contributed by atoms with van der Waals surface area (Å²) in [7, 11) is -7.99. The molecule has 8 nitrogen and oxygen atoms in total. The first kappa shape index (κ1) is 20.8. The van der Waals surface area contributed by atoms with Crippen LogP contribution in [0.1, 0.15) is 34.6 Å². The molecule has 0 bridgehead atoms. The lowest BCUT2D eigenvalue weighted by Crippen LogP contribution is -2.43. The molecule has 0 aromatic rings. The Labute approximate surface area is 125 Å². The minimum absolute atomic E-state index is 0.0473. The molecule has 1 amide bonds. The van der Waals surface area contributed by atoms with Gasteiger partial charge in [0.15, 0.2) is 0 Å². The zero-order valence-corrected chi connectivity index (χ0v) is 14.9. The van der Waals surface area contributed by atoms with Crippen LogP contribution in [0.5, 0.6) is 0 Å². The smallest absolute Gasteiger partial charge is 0.333 e. The molecule has 0 heterocycles. The maximum absolute atomic E-state index is 13.0. The standard InChI is InChI=1S/C11H25NO7P2/c1-6-16-20(14,17-7-2)11(5,12-10-13)21(15,18-8-3)19-9-4/h10H,6-9H2,1-5H3,(H,12,13). The number of hydrogen-bond acceptors (Lipinski definition) is 7. The summed E-state index contributed by atoms with van der Waals surface area (Å²) in [6, 6.07) is 0. The second kappa shape index (κ2) is 9.03. The van der Waals surface area contributed by atoms with Crippen LogP contribution in [0, 0.1) is 0 Å². The Morgan fingerprint density at radius 1 is 0.857 bits per heavy atom. The van der Waals surface area contributed by atoms with Crippen LogP contribution in [0.15, 0.2) is 0 Å². The molecule has 21 heavy (non-hydrogen) atoms. The van der Waals surface area contributed by atoms with E-state index in [4.69, 9.17) is 18.1 Å². The van der Waals surface area contributed by atoms with Crippen molar-refractivity contribution >= 4 is 21.6 Å². The van der Waals surface area contributed by atoms with Gasteiger partial charge < -0.3 is 23.4 Å². The summed E-state index contributed by atoms with van der Waals surface area (Å²) >= 11 is 0. The van der Waals surface area contributed by atoms with E-state index in [9.17, 15) is 13.9 Å². The molecule has 0 atom stereocenters. The van der Waals surface area contributed by atoms with E-state index in [0.29, 0.717) is 0 Å². The van der Waals surface area contributed by atoms with Crippen LogP contribution in [0.4, 0.5) is 0 Å². The Balaban J connectivity index is 6.01. The van der Waals surface area contributed by atoms with Gasteiger partial charge in [0.2, 0.25) is 11.4 Å². The third-order valence-corrected chi connectivity index (χ3v) is 8.85. The van der Waals surface area contributed by atoms with E-state index < -0.39 is 20.2 Å². The molecule has 0 unspecified atom stereocenters. The SMILES string of the molecule is CCOP(=O)(OCC)C(C)(NC=O)P(=O)(OCC)OCC. The van der Waals surface area contributed by atoms with Crippen molar-refractivity contribution in [2.45, 2.75) is 39.6 Å². The summed E-state index contributed by atoms with van der Waals surface area (Å²) in [5, 5.41) is 0.342. The van der Waals surface area contributed by atoms with Gasteiger partial charge in [0, 0.05) is 0 Å². The maximum atomic E-state index is 13.0. The van der Waals surface area contributed by atoms with Crippen LogP contribution < -0.4 is 5.32 Å². The van der Waals surface area contributed by atoms with E-state index in [2.05, 4.69) is 5.32 Å². The van der Waals surface area contributed by atoms with E-state index >= 15 is 0 Å². The van der Waals surface area contributed by atoms with Gasteiger partial charge in [-0.2, -0.15) is 0 Å². The van der Waals surface area contributed by atoms with Crippen molar-refractivity contribution in [1.82, 2.24) is 5.32 Å². The highest BCUT2D eigenvalue weighted by Crippen LogP contribution is 2.76. The number of carbonyl (C=O) groups is 1. The Morgan fingerprint density at radius 2 is 1.14 bits per heavy atom. The Kier molecular flexibility index (Phi) is 8.93. The summed E-state index contributed by atoms with van der Waals surface area (Å²) in [4.78, 5) is 11.0. The monoisotopic (exact) mass is 345 g/mol. The topological polar surface area (TPSA) is 100 Å². The van der Waals surface area contributed by atoms with E-state index in [1.165, 1.54) is 6.92 Å². The molecule has 0 aliphatic carbocycles. The summed E-state index contributed by atoms with van der Waals surface area (Å²) in [5.41, 5.74) is 0. The molecule has 0 aromatic heterocycles. The lowest BCUT2D eigenvalue weighted by Gasteiger charge is -2.39. The summed E-state index contributed by atoms with van der Waals surface area (Å²) in [5.74, 6) is 0. The largest absolute Gasteiger partial charge is 0.368 e. The fourth-order valence-electron chi connectivity index (χ4n) is 1.68. The maximum Gasteiger partial charge on any atom is 0.368 e. The highest BCUT2D eigenvalue weighted by molar-refractivity contribution is 7.74. The van der Waals surface area contributed by atoms with Gasteiger partial charge in [0.05, 0.1) is 26.4 Å². The zero-order chi connectivity index (χ0) is 16.6. The molecule has 0 aromatic carbocycles. The molecule has 10 heteroatoms. The van der Waals surface area contributed by atoms with Gasteiger partial charge in [-0.05, 0) is 34.6 Å². The lowest BCUT2D eigenvalue weighted by molar-refractivity contribution is -0.110. The number of rotatable bonds is 12. The highest BCUT2D eigenvalue weighted by atomic mass is 31.2. The van der Waals surface area contributed by atoms with Crippen LogP contribution in [0.2, 0.25) is 0 Å². The summed E-state index contributed by atoms with van der Waals surface area (Å²) in [6.45, 7) is 7.91. The Hall–Kier alpha value is -0.230. The van der Waals surface area contributed by atoms with Crippen LogP contribution in [-0.2, 0) is 32.0 Å². The first-order valence-electron chi connectivity index (χ1n) is 6.80. The van der Waals surface area contributed by atoms with Crippen molar-refractivity contribution in [3.8, 4) is 0 Å². The van der Waals surface area contributed by atoms with Crippen LogP contribution in [0.25, 0.3) is 0 Å². The number of carbonyl (C=O) groups excluding carboxylic acids is 1. The van der Waals surface area contributed by atoms with Gasteiger partial charge in [-0.25, -0.2) is 0 Å². The number of nitrogens with one attached hydrogen (secondary N) is 1. The van der Waals surface area contributed by atoms with Crippen molar-refractivity contribution in [3.63, 3.8) is 0 Å². The minimum Gasteiger partial charge on any atom is -0.333 e. The predicted molar refractivity (Wildman–Crippen MR) is 79.3 cm³/mol. The summed E-state index contributed by atoms with van der Waals surface area (Å²) < 4.78 is 46.9. The molecular formula is C11H25NO7P2. The van der Waals surface area contributed by atoms with Gasteiger partial charge in [-0.3, -0.25) is 13.9 Å². The van der Waals surface area contributed by atoms with Crippen molar-refractivity contribution in [2.24, 2.45) is 0 Å². The number of amides is 1. The van der Waals surface area contributed by atoms with Gasteiger partial charge in [0.25, 0.3) is 0 Å². The Bertz CT molecular complexity index is 365. The fourth-order valence-corrected chi connectivity index (χ4v) is 6.51. The zero-order valence-electron chi connectivity index (χ0n) is 13.2. The Morgan fingerprint density at radius 3 is 1.33 bits per heavy atom. The van der Waals surface area contributed by atoms with Gasteiger partial charge in [-0.15, -0.1) is 0 Å². The van der Waals surface area contributed by atoms with Crippen molar-refractivity contribution in [1.29, 1.82) is 0 Å². The van der Waals surface area contributed by atoms with Gasteiger partial charge in [0.1, 0.15) is 0 Å². The second-order valence-electron chi connectivity index (χ2n) is 3.95. The molecule has 0 saturated carbocycles. The molecule has 0 saturated heterocycles. The van der Waals surface area contributed by atoms with E-state index in [1.54, 1.807) is 27.7 Å². The second-order valence-corrected chi connectivity index (χ2v) is 9.11. The predicted octanol–water partition coefficient (Wildman–Crippen LogP) is 2.94. The summed E-state index contributed by atoms with van der Waals surface area (Å²) in [6.07, 6.45) is 0.273. The van der Waals surface area contributed by atoms with Gasteiger partial charge in [-0.1, -0.05) is 0 Å². The van der Waals surface area contributed by atoms with Crippen LogP contribution in [0.3, 0.4) is 0 Å². The molecular weight excluding hydrogens is 320 g/mol. The molecule has 0 aliphatic rings. The third-order valence-electron chi connectivity index (χ3n) is 2.60. The normalized spacial score (nSPS) is 13.2. The average molecular weight is 345 g/mol. The van der Waals surface area contributed by atoms with E-state index in [-0.39, 0.29) is 32.8 Å². The van der Waals surface area contributed by atoms with Gasteiger partial charge >= 0.3 is 15.2 Å². The molecule has 0 fully saturated rings. The first-order valence-corrected chi connectivity index (χ1v) is 9.89. The van der Waals surface area contributed by atoms with Crippen LogP contribution >= 0.6 is 15.2 Å². The highest BCUT2D eigenvalue weighted by Gasteiger charge is 2.62. The average Bonchev–Trinajstić information content (AvgIpc) is 2.39. The van der Waals surface area contributed by atoms with Crippen molar-refractivity contribution in [2.75, 3.05) is 26.4 Å². The van der Waals surface area contributed by atoms with E-state index in [1.807, 2.05) is 0 Å². The lowest BCUT2D eigenvalue weighted by atomic mass is 10.7. The van der Waals surface area contributed by atoms with Crippen molar-refractivity contribution in [3.05, 3.63) is 0 Å². The quantitative estimate of drug-likeness (QED) is 0.429. The van der Waals surface area contributed by atoms with Crippen molar-refractivity contribution < 1.29 is 32.0 Å². The molecule has 0 radical (unpaired) electrons. The number of hydrogen-bond donors (Lipinski definition) is 1. The third kappa shape index (κ3) is 4.38. The fraction of sp³-hybridized carbons (Fsp3) is 0.909.